The molecule has 0 saturated heterocycles. The van der Waals surface area contributed by atoms with Crippen molar-refractivity contribution in [2.75, 3.05) is 7.11 Å². The van der Waals surface area contributed by atoms with Gasteiger partial charge in [0, 0.05) is 19.7 Å². The summed E-state index contributed by atoms with van der Waals surface area (Å²) in [6, 6.07) is 6.14. The van der Waals surface area contributed by atoms with Crippen LogP contribution in [0, 0.1) is 0 Å². The first-order chi connectivity index (χ1) is 7.69. The third kappa shape index (κ3) is 2.75. The minimum Gasteiger partial charge on any atom is -0.507 e. The lowest BCUT2D eigenvalue weighted by atomic mass is 9.89. The molecule has 0 amide bonds. The van der Waals surface area contributed by atoms with Crippen LogP contribution in [0.5, 0.6) is 5.75 Å². The summed E-state index contributed by atoms with van der Waals surface area (Å²) in [6.45, 7) is 0.833. The normalized spacial score (nSPS) is 24.1. The van der Waals surface area contributed by atoms with Crippen molar-refractivity contribution < 1.29 is 9.84 Å². The number of hydrogen-bond acceptors (Lipinski definition) is 3. The highest BCUT2D eigenvalue weighted by Crippen LogP contribution is 2.25. The smallest absolute Gasteiger partial charge is 0.129 e. The zero-order chi connectivity index (χ0) is 11.5. The summed E-state index contributed by atoms with van der Waals surface area (Å²) in [5.74, 6) is 0.284. The van der Waals surface area contributed by atoms with E-state index in [9.17, 15) is 5.11 Å². The van der Waals surface area contributed by atoms with E-state index in [0.717, 1.165) is 23.9 Å². The second-order valence-corrected chi connectivity index (χ2v) is 5.05. The zero-order valence-electron chi connectivity index (χ0n) is 9.24. The fraction of sp³-hybridized carbons (Fsp3) is 0.500. The third-order valence-electron chi connectivity index (χ3n) is 3.04. The molecule has 0 bridgehead atoms. The first kappa shape index (κ1) is 11.9. The molecule has 1 aliphatic carbocycles. The maximum atomic E-state index is 9.36. The Morgan fingerprint density at radius 2 is 2.25 bits per heavy atom. The van der Waals surface area contributed by atoms with Gasteiger partial charge in [-0.05, 0) is 46.5 Å². The Balaban J connectivity index is 1.80. The maximum Gasteiger partial charge on any atom is 0.129 e. The van der Waals surface area contributed by atoms with Crippen LogP contribution in [0.1, 0.15) is 18.4 Å². The Hall–Kier alpha value is -0.580. The predicted octanol–water partition coefficient (Wildman–Crippen LogP) is 2.42. The Labute approximate surface area is 104 Å². The van der Waals surface area contributed by atoms with Gasteiger partial charge in [0.2, 0.25) is 0 Å². The first-order valence-corrected chi connectivity index (χ1v) is 6.22. The second kappa shape index (κ2) is 5.17. The molecule has 0 aromatic heterocycles. The van der Waals surface area contributed by atoms with Crippen LogP contribution in [0.25, 0.3) is 0 Å². The van der Waals surface area contributed by atoms with Gasteiger partial charge >= 0.3 is 0 Å². The number of ether oxygens (including phenoxy) is 1. The van der Waals surface area contributed by atoms with Gasteiger partial charge in [0.1, 0.15) is 5.75 Å². The minimum absolute atomic E-state index is 0.284. The largest absolute Gasteiger partial charge is 0.507 e. The lowest BCUT2D eigenvalue weighted by Crippen LogP contribution is -2.44. The number of rotatable bonds is 4. The van der Waals surface area contributed by atoms with Crippen LogP contribution >= 0.6 is 15.9 Å². The first-order valence-electron chi connectivity index (χ1n) is 5.42. The van der Waals surface area contributed by atoms with Gasteiger partial charge in [-0.25, -0.2) is 0 Å². The molecule has 2 N–H and O–H groups in total. The van der Waals surface area contributed by atoms with Crippen molar-refractivity contribution in [1.29, 1.82) is 0 Å². The number of hydrogen-bond donors (Lipinski definition) is 2. The molecule has 2 rings (SSSR count). The van der Waals surface area contributed by atoms with Crippen molar-refractivity contribution in [2.24, 2.45) is 0 Å². The van der Waals surface area contributed by atoms with Crippen LogP contribution in [0.3, 0.4) is 0 Å². The van der Waals surface area contributed by atoms with Crippen LogP contribution < -0.4 is 5.32 Å². The average molecular weight is 286 g/mol. The van der Waals surface area contributed by atoms with E-state index in [0.29, 0.717) is 12.1 Å². The van der Waals surface area contributed by atoms with Crippen molar-refractivity contribution in [2.45, 2.75) is 31.5 Å². The molecule has 0 aliphatic heterocycles. The number of phenolic OH excluding ortho intramolecular Hbond substituents is 1. The highest BCUT2D eigenvalue weighted by molar-refractivity contribution is 9.10. The summed E-state index contributed by atoms with van der Waals surface area (Å²) in [6.07, 6.45) is 2.62. The van der Waals surface area contributed by atoms with E-state index in [2.05, 4.69) is 21.2 Å². The van der Waals surface area contributed by atoms with Crippen LogP contribution in [0.4, 0.5) is 0 Å². The number of aromatic hydroxyl groups is 1. The van der Waals surface area contributed by atoms with E-state index in [1.165, 1.54) is 5.56 Å². The van der Waals surface area contributed by atoms with Gasteiger partial charge in [-0.2, -0.15) is 0 Å². The van der Waals surface area contributed by atoms with Gasteiger partial charge in [-0.1, -0.05) is 6.07 Å². The molecule has 4 heteroatoms. The molecule has 0 atom stereocenters. The quantitative estimate of drug-likeness (QED) is 0.893. The van der Waals surface area contributed by atoms with E-state index in [4.69, 9.17) is 4.74 Å². The van der Waals surface area contributed by atoms with Crippen molar-refractivity contribution in [3.63, 3.8) is 0 Å². The highest BCUT2D eigenvalue weighted by Gasteiger charge is 2.28. The third-order valence-corrected chi connectivity index (χ3v) is 3.67. The number of nitrogens with one attached hydrogen (secondary N) is 1. The van der Waals surface area contributed by atoms with Crippen molar-refractivity contribution >= 4 is 15.9 Å². The SMILES string of the molecule is COC1CC(NCc2ccc(O)c(Br)c2)C1. The molecule has 16 heavy (non-hydrogen) atoms. The maximum absolute atomic E-state index is 9.36. The fourth-order valence-electron chi connectivity index (χ4n) is 1.85. The number of benzene rings is 1. The molecule has 1 aliphatic rings. The van der Waals surface area contributed by atoms with Crippen LogP contribution in [0.2, 0.25) is 0 Å². The molecule has 0 radical (unpaired) electrons. The van der Waals surface area contributed by atoms with Gasteiger partial charge in [0.05, 0.1) is 10.6 Å². The Kier molecular flexibility index (Phi) is 3.84. The van der Waals surface area contributed by atoms with Gasteiger partial charge in [-0.15, -0.1) is 0 Å². The summed E-state index contributed by atoms with van der Waals surface area (Å²) >= 11 is 3.31. The zero-order valence-corrected chi connectivity index (χ0v) is 10.8. The predicted molar refractivity (Wildman–Crippen MR) is 66.5 cm³/mol. The van der Waals surface area contributed by atoms with Crippen LogP contribution in [-0.4, -0.2) is 24.4 Å². The molecule has 3 nitrogen and oxygen atoms in total. The fourth-order valence-corrected chi connectivity index (χ4v) is 2.27. The summed E-state index contributed by atoms with van der Waals surface area (Å²) in [5, 5.41) is 12.8. The topological polar surface area (TPSA) is 41.5 Å². The molecule has 1 saturated carbocycles. The van der Waals surface area contributed by atoms with Crippen molar-refractivity contribution in [3.05, 3.63) is 28.2 Å². The highest BCUT2D eigenvalue weighted by atomic mass is 79.9. The van der Waals surface area contributed by atoms with Gasteiger partial charge in [-0.3, -0.25) is 0 Å². The van der Waals surface area contributed by atoms with Crippen molar-refractivity contribution in [1.82, 2.24) is 5.32 Å². The summed E-state index contributed by atoms with van der Waals surface area (Å²) in [5.41, 5.74) is 1.17. The molecule has 1 aromatic carbocycles. The Morgan fingerprint density at radius 1 is 1.50 bits per heavy atom. The molecule has 88 valence electrons. The van der Waals surface area contributed by atoms with E-state index < -0.39 is 0 Å². The number of halogens is 1. The van der Waals surface area contributed by atoms with E-state index in [1.54, 1.807) is 13.2 Å². The lowest BCUT2D eigenvalue weighted by molar-refractivity contribution is 0.0170. The molecule has 1 fully saturated rings. The summed E-state index contributed by atoms with van der Waals surface area (Å²) in [7, 11) is 1.76. The van der Waals surface area contributed by atoms with Gasteiger partial charge in [0.25, 0.3) is 0 Å². The summed E-state index contributed by atoms with van der Waals surface area (Å²) < 4.78 is 5.97. The molecular weight excluding hydrogens is 270 g/mol. The van der Waals surface area contributed by atoms with Gasteiger partial charge < -0.3 is 15.2 Å². The van der Waals surface area contributed by atoms with Crippen molar-refractivity contribution in [3.8, 4) is 5.75 Å². The number of phenols is 1. The molecule has 0 spiro atoms. The molecule has 1 aromatic rings. The van der Waals surface area contributed by atoms with Gasteiger partial charge in [0.15, 0.2) is 0 Å². The standard InChI is InChI=1S/C12H16BrNO2/c1-16-10-5-9(6-10)14-7-8-2-3-12(15)11(13)4-8/h2-4,9-10,14-15H,5-7H2,1H3. The van der Waals surface area contributed by atoms with E-state index >= 15 is 0 Å². The molecule has 0 heterocycles. The Morgan fingerprint density at radius 3 is 2.88 bits per heavy atom. The lowest BCUT2D eigenvalue weighted by Gasteiger charge is -2.34. The second-order valence-electron chi connectivity index (χ2n) is 4.19. The molecular formula is C12H16BrNO2. The van der Waals surface area contributed by atoms with Crippen LogP contribution in [0.15, 0.2) is 22.7 Å². The Bertz CT molecular complexity index is 364. The minimum atomic E-state index is 0.284. The molecule has 0 unspecified atom stereocenters. The van der Waals surface area contributed by atoms with E-state index in [1.807, 2.05) is 12.1 Å². The van der Waals surface area contributed by atoms with E-state index in [-0.39, 0.29) is 5.75 Å². The summed E-state index contributed by atoms with van der Waals surface area (Å²) in [4.78, 5) is 0. The number of methoxy groups -OCH3 is 1. The average Bonchev–Trinajstić information content (AvgIpc) is 2.21. The van der Waals surface area contributed by atoms with Crippen LogP contribution in [-0.2, 0) is 11.3 Å². The monoisotopic (exact) mass is 285 g/mol.